The molecule has 0 fully saturated rings. The molecule has 2 N–H and O–H groups in total. The quantitative estimate of drug-likeness (QED) is 0.420. The van der Waals surface area contributed by atoms with E-state index in [1.807, 2.05) is 36.4 Å². The van der Waals surface area contributed by atoms with Gasteiger partial charge in [-0.25, -0.2) is 10.2 Å². The van der Waals surface area contributed by atoms with E-state index in [2.05, 4.69) is 36.4 Å². The van der Waals surface area contributed by atoms with Crippen LogP contribution in [0.4, 0.5) is 5.95 Å². The van der Waals surface area contributed by atoms with Crippen molar-refractivity contribution in [2.24, 2.45) is 12.1 Å². The van der Waals surface area contributed by atoms with E-state index in [9.17, 15) is 9.59 Å². The molecule has 10 heteroatoms. The molecule has 0 bridgehead atoms. The highest BCUT2D eigenvalue weighted by molar-refractivity contribution is 9.12. The van der Waals surface area contributed by atoms with Gasteiger partial charge in [-0.2, -0.15) is 10.1 Å². The third kappa shape index (κ3) is 4.93. The molecule has 3 rings (SSSR count). The fourth-order valence-electron chi connectivity index (χ4n) is 2.61. The molecule has 2 aromatic heterocycles. The average Bonchev–Trinajstić information content (AvgIpc) is 3.04. The topological polar surface area (TPSA) is 97.1 Å². The van der Waals surface area contributed by atoms with Crippen molar-refractivity contribution in [1.82, 2.24) is 19.1 Å². The maximum atomic E-state index is 12.3. The Hall–Kier alpha value is -2.91. The summed E-state index contributed by atoms with van der Waals surface area (Å²) >= 11 is 9.38. The van der Waals surface area contributed by atoms with Crippen LogP contribution in [0.2, 0.25) is 0 Å². The first-order chi connectivity index (χ1) is 13.9. The first-order valence-electron chi connectivity index (χ1n) is 8.60. The van der Waals surface area contributed by atoms with Gasteiger partial charge in [0.1, 0.15) is 0 Å². The minimum absolute atomic E-state index is 0.246. The first-order valence-corrected chi connectivity index (χ1v) is 9.77. The normalized spacial score (nSPS) is 12.8. The molecule has 0 amide bonds. The minimum Gasteiger partial charge on any atom is -0.299 e. The van der Waals surface area contributed by atoms with Crippen LogP contribution in [0.1, 0.15) is 12.5 Å². The summed E-state index contributed by atoms with van der Waals surface area (Å²) < 4.78 is 3.61. The number of hydrogen-bond donors (Lipinski definition) is 2. The highest BCUT2D eigenvalue weighted by atomic mass is 79.9. The van der Waals surface area contributed by atoms with Crippen LogP contribution in [0.15, 0.2) is 60.6 Å². The lowest BCUT2D eigenvalue weighted by Gasteiger charge is -2.05. The number of hydrogen-bond acceptors (Lipinski definition) is 5. The standard InChI is InChI=1S/C19H18BrClN6O2/c1-12(21)8-9-27-15-16(26(2)19(29)24-17(15)28)23-18(27)25-22-11-14(20)10-13-6-4-3-5-7-13/h3-8,10-11H,9H2,1-2H3,(H,23,25)(H,24,28,29)/b12-8-,14-10+,22-11-. The number of anilines is 1. The van der Waals surface area contributed by atoms with Gasteiger partial charge in [0.2, 0.25) is 5.95 Å². The number of halogens is 2. The summed E-state index contributed by atoms with van der Waals surface area (Å²) in [5, 5.41) is 4.74. The number of benzene rings is 1. The smallest absolute Gasteiger partial charge is 0.299 e. The summed E-state index contributed by atoms with van der Waals surface area (Å²) in [5.74, 6) is 0.303. The summed E-state index contributed by atoms with van der Waals surface area (Å²) in [4.78, 5) is 30.9. The van der Waals surface area contributed by atoms with Gasteiger partial charge in [-0.1, -0.05) is 48.0 Å². The number of aryl methyl sites for hydroxylation is 1. The molecule has 0 saturated carbocycles. The Bertz CT molecular complexity index is 1230. The van der Waals surface area contributed by atoms with Gasteiger partial charge in [-0.3, -0.25) is 18.9 Å². The van der Waals surface area contributed by atoms with Crippen LogP contribution >= 0.6 is 27.5 Å². The highest BCUT2D eigenvalue weighted by Gasteiger charge is 2.16. The molecule has 0 aliphatic carbocycles. The van der Waals surface area contributed by atoms with E-state index >= 15 is 0 Å². The van der Waals surface area contributed by atoms with E-state index in [0.717, 1.165) is 10.0 Å². The number of nitrogens with one attached hydrogen (secondary N) is 2. The molecule has 1 aromatic carbocycles. The molecule has 0 unspecified atom stereocenters. The molecule has 2 heterocycles. The van der Waals surface area contributed by atoms with E-state index in [0.29, 0.717) is 11.0 Å². The summed E-state index contributed by atoms with van der Waals surface area (Å²) in [5.41, 5.74) is 3.27. The zero-order valence-electron chi connectivity index (χ0n) is 15.7. The predicted molar refractivity (Wildman–Crippen MR) is 121 cm³/mol. The maximum Gasteiger partial charge on any atom is 0.329 e. The van der Waals surface area contributed by atoms with E-state index in [1.54, 1.807) is 23.8 Å². The van der Waals surface area contributed by atoms with Gasteiger partial charge in [-0.15, -0.1) is 0 Å². The van der Waals surface area contributed by atoms with Crippen LogP contribution in [0.5, 0.6) is 0 Å². The fraction of sp³-hybridized carbons (Fsp3) is 0.158. The lowest BCUT2D eigenvalue weighted by Crippen LogP contribution is -2.29. The number of aromatic nitrogens is 4. The zero-order chi connectivity index (χ0) is 21.0. The van der Waals surface area contributed by atoms with Crippen LogP contribution in [0.25, 0.3) is 17.2 Å². The molecule has 150 valence electrons. The molecular formula is C19H18BrClN6O2. The van der Waals surface area contributed by atoms with Gasteiger partial charge in [0, 0.05) is 23.1 Å². The summed E-state index contributed by atoms with van der Waals surface area (Å²) in [7, 11) is 1.53. The molecule has 29 heavy (non-hydrogen) atoms. The molecule has 0 saturated heterocycles. The van der Waals surface area contributed by atoms with Gasteiger partial charge >= 0.3 is 5.69 Å². The second-order valence-corrected chi connectivity index (χ2v) is 7.65. The number of aromatic amines is 1. The van der Waals surface area contributed by atoms with Crippen molar-refractivity contribution in [3.8, 4) is 0 Å². The van der Waals surface area contributed by atoms with Gasteiger partial charge in [-0.05, 0) is 34.5 Å². The summed E-state index contributed by atoms with van der Waals surface area (Å²) in [6.07, 6.45) is 5.21. The predicted octanol–water partition coefficient (Wildman–Crippen LogP) is 3.40. The average molecular weight is 478 g/mol. The Morgan fingerprint density at radius 2 is 2.07 bits per heavy atom. The Kier molecular flexibility index (Phi) is 6.50. The Labute approximate surface area is 179 Å². The van der Waals surface area contributed by atoms with Crippen LogP contribution in [0.3, 0.4) is 0 Å². The van der Waals surface area contributed by atoms with Crippen molar-refractivity contribution in [3.63, 3.8) is 0 Å². The molecular weight excluding hydrogens is 460 g/mol. The van der Waals surface area contributed by atoms with Crippen LogP contribution in [0, 0.1) is 0 Å². The number of rotatable bonds is 6. The van der Waals surface area contributed by atoms with Crippen molar-refractivity contribution in [3.05, 3.63) is 72.3 Å². The Balaban J connectivity index is 1.97. The van der Waals surface area contributed by atoms with Crippen molar-refractivity contribution in [2.75, 3.05) is 5.43 Å². The zero-order valence-corrected chi connectivity index (χ0v) is 18.0. The molecule has 0 spiro atoms. The molecule has 0 atom stereocenters. The number of nitrogens with zero attached hydrogens (tertiary/aromatic N) is 4. The Morgan fingerprint density at radius 3 is 2.76 bits per heavy atom. The van der Waals surface area contributed by atoms with Gasteiger partial charge in [0.25, 0.3) is 5.56 Å². The minimum atomic E-state index is -0.542. The second-order valence-electron chi connectivity index (χ2n) is 6.14. The first kappa shape index (κ1) is 20.8. The molecule has 8 nitrogen and oxygen atoms in total. The van der Waals surface area contributed by atoms with Gasteiger partial charge in [0.15, 0.2) is 11.2 Å². The monoisotopic (exact) mass is 476 g/mol. The second kappa shape index (κ2) is 9.06. The number of hydrazone groups is 1. The largest absolute Gasteiger partial charge is 0.329 e. The van der Waals surface area contributed by atoms with Crippen LogP contribution in [-0.4, -0.2) is 25.3 Å². The van der Waals surface area contributed by atoms with Crippen molar-refractivity contribution in [1.29, 1.82) is 0 Å². The van der Waals surface area contributed by atoms with Crippen molar-refractivity contribution >= 4 is 56.9 Å². The van der Waals surface area contributed by atoms with Crippen LogP contribution in [-0.2, 0) is 13.6 Å². The lowest BCUT2D eigenvalue weighted by molar-refractivity contribution is 0.818. The number of imidazole rings is 1. The van der Waals surface area contributed by atoms with Gasteiger partial charge < -0.3 is 0 Å². The molecule has 0 radical (unpaired) electrons. The van der Waals surface area contributed by atoms with Crippen LogP contribution < -0.4 is 16.7 Å². The number of fused-ring (bicyclic) bond motifs is 1. The van der Waals surface area contributed by atoms with E-state index in [-0.39, 0.29) is 17.7 Å². The maximum absolute atomic E-state index is 12.3. The fourth-order valence-corrected chi connectivity index (χ4v) is 3.05. The summed E-state index contributed by atoms with van der Waals surface area (Å²) in [6.45, 7) is 2.02. The molecule has 0 aliphatic heterocycles. The highest BCUT2D eigenvalue weighted by Crippen LogP contribution is 2.17. The van der Waals surface area contributed by atoms with Crippen molar-refractivity contribution < 1.29 is 0 Å². The van der Waals surface area contributed by atoms with E-state index in [4.69, 9.17) is 11.6 Å². The third-order valence-electron chi connectivity index (χ3n) is 4.02. The number of H-pyrrole nitrogens is 1. The molecule has 3 aromatic rings. The van der Waals surface area contributed by atoms with Gasteiger partial charge in [0.05, 0.1) is 6.21 Å². The van der Waals surface area contributed by atoms with E-state index in [1.165, 1.54) is 11.6 Å². The number of allylic oxidation sites excluding steroid dienone is 3. The van der Waals surface area contributed by atoms with Crippen molar-refractivity contribution in [2.45, 2.75) is 13.5 Å². The lowest BCUT2D eigenvalue weighted by atomic mass is 10.2. The Morgan fingerprint density at radius 1 is 1.34 bits per heavy atom. The third-order valence-corrected chi connectivity index (χ3v) is 4.61. The SMILES string of the molecule is C/C(Cl)=C/Cn1c(N/N=C\C(Br)=C/c2ccccc2)nc2c1c(=O)[nH]c(=O)n2C. The molecule has 0 aliphatic rings. The summed E-state index contributed by atoms with van der Waals surface area (Å²) in [6, 6.07) is 9.76. The van der Waals surface area contributed by atoms with E-state index < -0.39 is 11.2 Å².